The van der Waals surface area contributed by atoms with E-state index in [1.807, 2.05) is 0 Å². The summed E-state index contributed by atoms with van der Waals surface area (Å²) in [5.41, 5.74) is 2.34. The molecule has 0 aromatic heterocycles. The van der Waals surface area contributed by atoms with Gasteiger partial charge in [0.05, 0.1) is 4.83 Å². The van der Waals surface area contributed by atoms with Crippen LogP contribution in [0.1, 0.15) is 29.8 Å². The highest BCUT2D eigenvalue weighted by Crippen LogP contribution is 2.28. The molecule has 1 aromatic rings. The number of hydrogen-bond acceptors (Lipinski definition) is 1. The Balaban J connectivity index is 3.16. The molecule has 76 valence electrons. The summed E-state index contributed by atoms with van der Waals surface area (Å²) in [4.78, 5) is 11.1. The minimum atomic E-state index is -0.160. The smallest absolute Gasteiger partial charge is 0.147 e. The van der Waals surface area contributed by atoms with Gasteiger partial charge in [-0.25, -0.2) is 0 Å². The van der Waals surface area contributed by atoms with E-state index in [9.17, 15) is 4.79 Å². The van der Waals surface area contributed by atoms with Crippen LogP contribution in [-0.4, -0.2) is 5.78 Å². The summed E-state index contributed by atoms with van der Waals surface area (Å²) < 4.78 is 1.17. The zero-order chi connectivity index (χ0) is 10.7. The lowest BCUT2D eigenvalue weighted by Crippen LogP contribution is -2.04. The average molecular weight is 367 g/mol. The number of ketones is 1. The maximum Gasteiger partial charge on any atom is 0.147 e. The summed E-state index contributed by atoms with van der Waals surface area (Å²) in [5.74, 6) is 0.154. The van der Waals surface area contributed by atoms with Crippen LogP contribution in [0.4, 0.5) is 0 Å². The molecule has 0 bridgehead atoms. The van der Waals surface area contributed by atoms with E-state index >= 15 is 0 Å². The van der Waals surface area contributed by atoms with Crippen molar-refractivity contribution in [3.8, 4) is 0 Å². The standard InChI is InChI=1S/C11H12BrIO/c1-3-8-4-5-9(13)6-10(8)11(12)7(2)14/h4-6,11H,3H2,1-2H3. The largest absolute Gasteiger partial charge is 0.298 e. The number of carbonyl (C=O) groups excluding carboxylic acids is 1. The first-order valence-electron chi connectivity index (χ1n) is 4.49. The monoisotopic (exact) mass is 366 g/mol. The first kappa shape index (κ1) is 12.2. The van der Waals surface area contributed by atoms with Crippen LogP contribution >= 0.6 is 38.5 Å². The Morgan fingerprint density at radius 1 is 1.57 bits per heavy atom. The fourth-order valence-corrected chi connectivity index (χ4v) is 2.28. The first-order chi connectivity index (χ1) is 6.56. The number of benzene rings is 1. The quantitative estimate of drug-likeness (QED) is 0.586. The van der Waals surface area contributed by atoms with Crippen molar-refractivity contribution in [1.82, 2.24) is 0 Å². The Bertz CT molecular complexity index is 349. The molecule has 1 atom stereocenters. The molecule has 1 aromatic carbocycles. The summed E-state index contributed by atoms with van der Waals surface area (Å²) in [6, 6.07) is 6.23. The summed E-state index contributed by atoms with van der Waals surface area (Å²) in [6.45, 7) is 3.71. The van der Waals surface area contributed by atoms with E-state index in [2.05, 4.69) is 63.6 Å². The molecular formula is C11H12BrIO. The second-order valence-corrected chi connectivity index (χ2v) is 5.33. The number of hydrogen-bond donors (Lipinski definition) is 0. The second-order valence-electron chi connectivity index (χ2n) is 3.17. The summed E-state index contributed by atoms with van der Waals surface area (Å²) in [6.07, 6.45) is 0.960. The summed E-state index contributed by atoms with van der Waals surface area (Å²) in [5, 5.41) is 0. The number of carbonyl (C=O) groups is 1. The van der Waals surface area contributed by atoms with Crippen LogP contribution < -0.4 is 0 Å². The predicted molar refractivity (Wildman–Crippen MR) is 70.9 cm³/mol. The van der Waals surface area contributed by atoms with Gasteiger partial charge in [0.25, 0.3) is 0 Å². The van der Waals surface area contributed by atoms with Crippen molar-refractivity contribution in [2.45, 2.75) is 25.1 Å². The minimum absolute atomic E-state index is 0.154. The maximum absolute atomic E-state index is 11.3. The third-order valence-corrected chi connectivity index (χ3v) is 3.93. The molecule has 0 amide bonds. The van der Waals surface area contributed by atoms with Crippen LogP contribution in [0, 0.1) is 3.57 Å². The van der Waals surface area contributed by atoms with Crippen LogP contribution in [0.3, 0.4) is 0 Å². The van der Waals surface area contributed by atoms with E-state index in [-0.39, 0.29) is 10.6 Å². The zero-order valence-corrected chi connectivity index (χ0v) is 11.9. The number of rotatable bonds is 3. The summed E-state index contributed by atoms with van der Waals surface area (Å²) >= 11 is 5.69. The van der Waals surface area contributed by atoms with Gasteiger partial charge in [-0.3, -0.25) is 4.79 Å². The molecule has 0 radical (unpaired) electrons. The maximum atomic E-state index is 11.3. The molecule has 0 aliphatic carbocycles. The fourth-order valence-electron chi connectivity index (χ4n) is 1.34. The van der Waals surface area contributed by atoms with Crippen molar-refractivity contribution in [1.29, 1.82) is 0 Å². The molecule has 0 aliphatic rings. The van der Waals surface area contributed by atoms with Gasteiger partial charge in [-0.05, 0) is 59.2 Å². The predicted octanol–water partition coefficient (Wildman–Crippen LogP) is 3.88. The molecular weight excluding hydrogens is 355 g/mol. The molecule has 0 spiro atoms. The molecule has 1 rings (SSSR count). The second kappa shape index (κ2) is 5.26. The number of halogens is 2. The SMILES string of the molecule is CCc1ccc(I)cc1C(Br)C(C)=O. The molecule has 1 unspecified atom stereocenters. The molecule has 0 heterocycles. The van der Waals surface area contributed by atoms with Crippen LogP contribution in [0.15, 0.2) is 18.2 Å². The number of Topliss-reactive ketones (excluding diaryl/α,β-unsaturated/α-hetero) is 1. The van der Waals surface area contributed by atoms with E-state index in [1.165, 1.54) is 9.13 Å². The number of aryl methyl sites for hydroxylation is 1. The zero-order valence-electron chi connectivity index (χ0n) is 8.18. The lowest BCUT2D eigenvalue weighted by molar-refractivity contribution is -0.116. The van der Waals surface area contributed by atoms with Gasteiger partial charge in [-0.15, -0.1) is 0 Å². The Morgan fingerprint density at radius 2 is 2.21 bits per heavy atom. The number of alkyl halides is 1. The minimum Gasteiger partial charge on any atom is -0.298 e. The topological polar surface area (TPSA) is 17.1 Å². The molecule has 0 saturated heterocycles. The van der Waals surface area contributed by atoms with Crippen LogP contribution in [0.2, 0.25) is 0 Å². The van der Waals surface area contributed by atoms with E-state index < -0.39 is 0 Å². The van der Waals surface area contributed by atoms with E-state index in [0.29, 0.717) is 0 Å². The van der Waals surface area contributed by atoms with Crippen molar-refractivity contribution < 1.29 is 4.79 Å². The van der Waals surface area contributed by atoms with Gasteiger partial charge in [0, 0.05) is 3.57 Å². The normalized spacial score (nSPS) is 12.6. The molecule has 3 heteroatoms. The highest BCUT2D eigenvalue weighted by atomic mass is 127. The van der Waals surface area contributed by atoms with Crippen LogP contribution in [0.25, 0.3) is 0 Å². The summed E-state index contributed by atoms with van der Waals surface area (Å²) in [7, 11) is 0. The van der Waals surface area contributed by atoms with Gasteiger partial charge in [0.1, 0.15) is 5.78 Å². The van der Waals surface area contributed by atoms with E-state index in [0.717, 1.165) is 12.0 Å². The molecule has 1 nitrogen and oxygen atoms in total. The van der Waals surface area contributed by atoms with Gasteiger partial charge in [0.2, 0.25) is 0 Å². The van der Waals surface area contributed by atoms with Crippen molar-refractivity contribution in [3.63, 3.8) is 0 Å². The van der Waals surface area contributed by atoms with Crippen molar-refractivity contribution >= 4 is 44.3 Å². The first-order valence-corrected chi connectivity index (χ1v) is 6.48. The Labute approximate surface area is 107 Å². The van der Waals surface area contributed by atoms with E-state index in [4.69, 9.17) is 0 Å². The molecule has 0 N–H and O–H groups in total. The molecule has 0 aliphatic heterocycles. The van der Waals surface area contributed by atoms with Gasteiger partial charge in [-0.1, -0.05) is 28.9 Å². The van der Waals surface area contributed by atoms with Crippen LogP contribution in [0.5, 0.6) is 0 Å². The lowest BCUT2D eigenvalue weighted by Gasteiger charge is -2.12. The van der Waals surface area contributed by atoms with Crippen molar-refractivity contribution in [2.24, 2.45) is 0 Å². The van der Waals surface area contributed by atoms with Crippen molar-refractivity contribution in [2.75, 3.05) is 0 Å². The lowest BCUT2D eigenvalue weighted by atomic mass is 10.0. The third kappa shape index (κ3) is 2.79. The average Bonchev–Trinajstić information content (AvgIpc) is 2.16. The third-order valence-electron chi connectivity index (χ3n) is 2.12. The Morgan fingerprint density at radius 3 is 2.71 bits per heavy atom. The molecule has 14 heavy (non-hydrogen) atoms. The Hall–Kier alpha value is 0.1000. The van der Waals surface area contributed by atoms with E-state index in [1.54, 1.807) is 6.92 Å². The highest BCUT2D eigenvalue weighted by Gasteiger charge is 2.15. The highest BCUT2D eigenvalue weighted by molar-refractivity contribution is 14.1. The Kier molecular flexibility index (Phi) is 4.57. The van der Waals surface area contributed by atoms with Gasteiger partial charge < -0.3 is 0 Å². The fraction of sp³-hybridized carbons (Fsp3) is 0.364. The van der Waals surface area contributed by atoms with Crippen molar-refractivity contribution in [3.05, 3.63) is 32.9 Å². The van der Waals surface area contributed by atoms with Gasteiger partial charge in [-0.2, -0.15) is 0 Å². The molecule has 0 fully saturated rings. The van der Waals surface area contributed by atoms with Gasteiger partial charge in [0.15, 0.2) is 0 Å². The molecule has 0 saturated carbocycles. The van der Waals surface area contributed by atoms with Gasteiger partial charge >= 0.3 is 0 Å². The van der Waals surface area contributed by atoms with Crippen LogP contribution in [-0.2, 0) is 11.2 Å².